The molecule has 1 aromatic carbocycles. The van der Waals surface area contributed by atoms with Gasteiger partial charge in [-0.2, -0.15) is 0 Å². The molecule has 0 amide bonds. The van der Waals surface area contributed by atoms with Crippen molar-refractivity contribution in [3.8, 4) is 0 Å². The number of benzene rings is 1. The standard InChI is InChI=1S/C14H18F2O2/c1-10(2)14(15,16)12-5-3-11(4-6-12)13(7-17)8-18-9-13/h3-6,10,17H,7-9H2,1-2H3. The van der Waals surface area contributed by atoms with Crippen LogP contribution in [0.1, 0.15) is 25.0 Å². The van der Waals surface area contributed by atoms with E-state index in [1.165, 1.54) is 26.0 Å². The van der Waals surface area contributed by atoms with Crippen molar-refractivity contribution >= 4 is 0 Å². The van der Waals surface area contributed by atoms with Gasteiger partial charge < -0.3 is 9.84 Å². The maximum Gasteiger partial charge on any atom is 0.275 e. The lowest BCUT2D eigenvalue weighted by Crippen LogP contribution is -2.49. The van der Waals surface area contributed by atoms with Gasteiger partial charge in [-0.1, -0.05) is 38.1 Å². The largest absolute Gasteiger partial charge is 0.395 e. The monoisotopic (exact) mass is 256 g/mol. The SMILES string of the molecule is CC(C)C(F)(F)c1ccc(C2(CO)COC2)cc1. The van der Waals surface area contributed by atoms with Gasteiger partial charge in [-0.3, -0.25) is 0 Å². The van der Waals surface area contributed by atoms with Gasteiger partial charge in [0.15, 0.2) is 0 Å². The number of aliphatic hydroxyl groups excluding tert-OH is 1. The van der Waals surface area contributed by atoms with Gasteiger partial charge in [0.1, 0.15) is 0 Å². The molecule has 0 aromatic heterocycles. The molecule has 0 radical (unpaired) electrons. The third-order valence-electron chi connectivity index (χ3n) is 3.67. The van der Waals surface area contributed by atoms with Crippen molar-refractivity contribution in [2.24, 2.45) is 5.92 Å². The van der Waals surface area contributed by atoms with Crippen molar-refractivity contribution in [3.05, 3.63) is 35.4 Å². The Kier molecular flexibility index (Phi) is 3.43. The van der Waals surface area contributed by atoms with Crippen LogP contribution in [0, 0.1) is 5.92 Å². The summed E-state index contributed by atoms with van der Waals surface area (Å²) in [7, 11) is 0. The summed E-state index contributed by atoms with van der Waals surface area (Å²) in [6.07, 6.45) is 0. The molecule has 1 saturated heterocycles. The highest BCUT2D eigenvalue weighted by Gasteiger charge is 2.41. The minimum Gasteiger partial charge on any atom is -0.395 e. The fourth-order valence-electron chi connectivity index (χ4n) is 2.08. The van der Waals surface area contributed by atoms with Crippen molar-refractivity contribution in [3.63, 3.8) is 0 Å². The maximum absolute atomic E-state index is 13.8. The number of hydrogen-bond donors (Lipinski definition) is 1. The Morgan fingerprint density at radius 1 is 1.28 bits per heavy atom. The van der Waals surface area contributed by atoms with Gasteiger partial charge in [-0.05, 0) is 5.56 Å². The Morgan fingerprint density at radius 2 is 1.83 bits per heavy atom. The minimum absolute atomic E-state index is 0.0209. The van der Waals surface area contributed by atoms with E-state index in [0.29, 0.717) is 13.2 Å². The third kappa shape index (κ3) is 2.04. The van der Waals surface area contributed by atoms with Gasteiger partial charge in [0, 0.05) is 11.5 Å². The number of hydrogen-bond acceptors (Lipinski definition) is 2. The molecule has 1 fully saturated rings. The van der Waals surface area contributed by atoms with Gasteiger partial charge in [0.2, 0.25) is 0 Å². The Hall–Kier alpha value is -1.00. The Morgan fingerprint density at radius 3 is 2.17 bits per heavy atom. The molecule has 1 heterocycles. The zero-order chi connectivity index (χ0) is 13.4. The molecule has 4 heteroatoms. The molecule has 1 aliphatic heterocycles. The first-order valence-electron chi connectivity index (χ1n) is 6.10. The molecule has 0 saturated carbocycles. The fourth-order valence-corrected chi connectivity index (χ4v) is 2.08. The van der Waals surface area contributed by atoms with E-state index in [4.69, 9.17) is 4.74 Å². The van der Waals surface area contributed by atoms with Crippen molar-refractivity contribution in [2.75, 3.05) is 19.8 Å². The quantitative estimate of drug-likeness (QED) is 0.897. The van der Waals surface area contributed by atoms with E-state index < -0.39 is 17.3 Å². The van der Waals surface area contributed by atoms with E-state index in [9.17, 15) is 13.9 Å². The average Bonchev–Trinajstić information content (AvgIpc) is 2.29. The Bertz CT molecular complexity index is 382. The molecule has 0 atom stereocenters. The molecule has 18 heavy (non-hydrogen) atoms. The van der Waals surface area contributed by atoms with E-state index in [1.54, 1.807) is 12.1 Å². The van der Waals surface area contributed by atoms with Gasteiger partial charge in [-0.25, -0.2) is 8.78 Å². The molecular weight excluding hydrogens is 238 g/mol. The topological polar surface area (TPSA) is 29.5 Å². The minimum atomic E-state index is -2.82. The smallest absolute Gasteiger partial charge is 0.275 e. The molecule has 0 unspecified atom stereocenters. The van der Waals surface area contributed by atoms with Gasteiger partial charge in [-0.15, -0.1) is 0 Å². The van der Waals surface area contributed by atoms with Crippen LogP contribution in [0.5, 0.6) is 0 Å². The lowest BCUT2D eigenvalue weighted by molar-refractivity contribution is -0.0843. The highest BCUT2D eigenvalue weighted by molar-refractivity contribution is 5.33. The summed E-state index contributed by atoms with van der Waals surface area (Å²) in [5, 5.41) is 9.38. The summed E-state index contributed by atoms with van der Waals surface area (Å²) < 4.78 is 32.7. The lowest BCUT2D eigenvalue weighted by Gasteiger charge is -2.40. The van der Waals surface area contributed by atoms with Crippen LogP contribution in [0.15, 0.2) is 24.3 Å². The summed E-state index contributed by atoms with van der Waals surface area (Å²) in [5.74, 6) is -3.55. The molecule has 1 aliphatic rings. The summed E-state index contributed by atoms with van der Waals surface area (Å²) in [5.41, 5.74) is 0.486. The molecule has 100 valence electrons. The molecule has 0 spiro atoms. The maximum atomic E-state index is 13.8. The molecule has 0 bridgehead atoms. The van der Waals surface area contributed by atoms with Gasteiger partial charge in [0.25, 0.3) is 5.92 Å². The van der Waals surface area contributed by atoms with E-state index >= 15 is 0 Å². The van der Waals surface area contributed by atoms with Crippen LogP contribution >= 0.6 is 0 Å². The first-order valence-corrected chi connectivity index (χ1v) is 6.10. The predicted octanol–water partition coefficient (Wildman–Crippen LogP) is 2.69. The van der Waals surface area contributed by atoms with Crippen molar-refractivity contribution < 1.29 is 18.6 Å². The number of ether oxygens (including phenoxy) is 1. The summed E-state index contributed by atoms with van der Waals surface area (Å²) in [4.78, 5) is 0. The first-order chi connectivity index (χ1) is 8.42. The van der Waals surface area contributed by atoms with Crippen LogP contribution < -0.4 is 0 Å². The lowest BCUT2D eigenvalue weighted by atomic mass is 9.79. The first kappa shape index (κ1) is 13.4. The molecular formula is C14H18F2O2. The number of halogens is 2. The molecule has 2 nitrogen and oxygen atoms in total. The Labute approximate surface area is 106 Å². The van der Waals surface area contributed by atoms with E-state index in [0.717, 1.165) is 5.56 Å². The van der Waals surface area contributed by atoms with Crippen molar-refractivity contribution in [2.45, 2.75) is 25.2 Å². The van der Waals surface area contributed by atoms with Gasteiger partial charge in [0.05, 0.1) is 25.2 Å². The van der Waals surface area contributed by atoms with Crippen LogP contribution in [0.2, 0.25) is 0 Å². The Balaban J connectivity index is 2.25. The molecule has 1 aromatic rings. The van der Waals surface area contributed by atoms with Crippen LogP contribution in [0.4, 0.5) is 8.78 Å². The van der Waals surface area contributed by atoms with Crippen LogP contribution in [0.25, 0.3) is 0 Å². The number of aliphatic hydroxyl groups is 1. The van der Waals surface area contributed by atoms with E-state index in [1.807, 2.05) is 0 Å². The van der Waals surface area contributed by atoms with Gasteiger partial charge >= 0.3 is 0 Å². The second-order valence-electron chi connectivity index (χ2n) is 5.29. The fraction of sp³-hybridized carbons (Fsp3) is 0.571. The second kappa shape index (κ2) is 4.59. The molecule has 0 aliphatic carbocycles. The van der Waals surface area contributed by atoms with Crippen LogP contribution in [-0.2, 0) is 16.1 Å². The zero-order valence-corrected chi connectivity index (χ0v) is 10.6. The summed E-state index contributed by atoms with van der Waals surface area (Å²) in [6, 6.07) is 6.24. The van der Waals surface area contributed by atoms with Crippen molar-refractivity contribution in [1.29, 1.82) is 0 Å². The second-order valence-corrected chi connectivity index (χ2v) is 5.29. The van der Waals surface area contributed by atoms with E-state index in [-0.39, 0.29) is 12.2 Å². The number of alkyl halides is 2. The molecule has 1 N–H and O–H groups in total. The van der Waals surface area contributed by atoms with Crippen LogP contribution in [0.3, 0.4) is 0 Å². The predicted molar refractivity (Wildman–Crippen MR) is 64.8 cm³/mol. The average molecular weight is 256 g/mol. The van der Waals surface area contributed by atoms with Crippen molar-refractivity contribution in [1.82, 2.24) is 0 Å². The third-order valence-corrected chi connectivity index (χ3v) is 3.67. The van der Waals surface area contributed by atoms with Crippen LogP contribution in [-0.4, -0.2) is 24.9 Å². The number of rotatable bonds is 4. The summed E-state index contributed by atoms with van der Waals surface area (Å²) in [6.45, 7) is 3.88. The summed E-state index contributed by atoms with van der Waals surface area (Å²) >= 11 is 0. The van der Waals surface area contributed by atoms with E-state index in [2.05, 4.69) is 0 Å². The molecule has 2 rings (SSSR count). The zero-order valence-electron chi connectivity index (χ0n) is 10.6. The normalized spacial score (nSPS) is 18.8. The highest BCUT2D eigenvalue weighted by Crippen LogP contribution is 2.37. The highest BCUT2D eigenvalue weighted by atomic mass is 19.3.